The molecule has 1 fully saturated rings. The highest BCUT2D eigenvalue weighted by atomic mass is 32.2. The monoisotopic (exact) mass is 498 g/mol. The summed E-state index contributed by atoms with van der Waals surface area (Å²) in [4.78, 5) is -0.908. The normalized spacial score (nSPS) is 19.2. The number of hydrogen-bond acceptors (Lipinski definition) is 5. The SMILES string of the molecule is Cc1nncn1[C@@H]1CCC[C@H](NS(=O)(=O)c2ccc(-c3ccccc3)c(OC(F)(F)F)c2F)C1. The summed E-state index contributed by atoms with van der Waals surface area (Å²) in [6.45, 7) is 1.78. The van der Waals surface area contributed by atoms with Crippen LogP contribution in [0, 0.1) is 12.7 Å². The van der Waals surface area contributed by atoms with Crippen molar-refractivity contribution in [1.82, 2.24) is 19.5 Å². The van der Waals surface area contributed by atoms with Crippen LogP contribution in [0.1, 0.15) is 37.5 Å². The fraction of sp³-hybridized carbons (Fsp3) is 0.364. The van der Waals surface area contributed by atoms with Crippen LogP contribution in [0.3, 0.4) is 0 Å². The molecule has 3 aromatic rings. The van der Waals surface area contributed by atoms with E-state index in [-0.39, 0.29) is 17.2 Å². The second-order valence-corrected chi connectivity index (χ2v) is 9.77. The summed E-state index contributed by atoms with van der Waals surface area (Å²) in [6, 6.07) is 9.19. The number of aromatic nitrogens is 3. The molecule has 4 rings (SSSR count). The second kappa shape index (κ2) is 9.34. The molecule has 0 aliphatic heterocycles. The number of aryl methyl sites for hydroxylation is 1. The molecule has 1 aromatic heterocycles. The van der Waals surface area contributed by atoms with Crippen molar-refractivity contribution in [3.63, 3.8) is 0 Å². The quantitative estimate of drug-likeness (QED) is 0.496. The van der Waals surface area contributed by atoms with E-state index in [9.17, 15) is 21.6 Å². The third kappa shape index (κ3) is 5.22. The molecule has 1 saturated carbocycles. The van der Waals surface area contributed by atoms with Crippen LogP contribution in [-0.4, -0.2) is 35.6 Å². The van der Waals surface area contributed by atoms with Gasteiger partial charge in [-0.1, -0.05) is 30.3 Å². The average Bonchev–Trinajstić information content (AvgIpc) is 3.20. The summed E-state index contributed by atoms with van der Waals surface area (Å²) in [5.41, 5.74) is 0.0344. The molecule has 0 amide bonds. The van der Waals surface area contributed by atoms with Crippen LogP contribution < -0.4 is 9.46 Å². The molecule has 0 spiro atoms. The van der Waals surface area contributed by atoms with Gasteiger partial charge in [0.15, 0.2) is 11.6 Å². The van der Waals surface area contributed by atoms with Gasteiger partial charge in [-0.05, 0) is 50.3 Å². The molecule has 7 nitrogen and oxygen atoms in total. The van der Waals surface area contributed by atoms with E-state index in [2.05, 4.69) is 19.7 Å². The molecule has 0 unspecified atom stereocenters. The van der Waals surface area contributed by atoms with E-state index in [4.69, 9.17) is 0 Å². The van der Waals surface area contributed by atoms with Crippen LogP contribution in [-0.2, 0) is 10.0 Å². The highest BCUT2D eigenvalue weighted by Gasteiger charge is 2.37. The van der Waals surface area contributed by atoms with E-state index in [1.807, 2.05) is 4.57 Å². The van der Waals surface area contributed by atoms with Gasteiger partial charge in [0.2, 0.25) is 10.0 Å². The first-order valence-electron chi connectivity index (χ1n) is 10.6. The molecule has 0 saturated heterocycles. The Morgan fingerprint density at radius 1 is 1.12 bits per heavy atom. The second-order valence-electron chi connectivity index (χ2n) is 8.09. The number of alkyl halides is 3. The first-order chi connectivity index (χ1) is 16.0. The van der Waals surface area contributed by atoms with Crippen LogP contribution in [0.25, 0.3) is 11.1 Å². The topological polar surface area (TPSA) is 86.1 Å². The molecule has 2 aromatic carbocycles. The standard InChI is InChI=1S/C22H22F4N4O3S/c1-14-28-27-13-30(14)17-9-5-8-16(12-17)29-34(31,32)19-11-10-18(15-6-3-2-4-7-15)21(20(19)23)33-22(24,25)26/h2-4,6-7,10-11,13,16-17,29H,5,8-9,12H2,1H3/t16-,17+/m0/s1. The maximum absolute atomic E-state index is 15.3. The Morgan fingerprint density at radius 2 is 1.85 bits per heavy atom. The van der Waals surface area contributed by atoms with Gasteiger partial charge in [0.1, 0.15) is 17.0 Å². The van der Waals surface area contributed by atoms with Crippen molar-refractivity contribution < 1.29 is 30.7 Å². The fourth-order valence-corrected chi connectivity index (χ4v) is 5.63. The zero-order valence-corrected chi connectivity index (χ0v) is 18.9. The van der Waals surface area contributed by atoms with Crippen molar-refractivity contribution in [2.24, 2.45) is 0 Å². The fourth-order valence-electron chi connectivity index (χ4n) is 4.27. The van der Waals surface area contributed by atoms with Crippen LogP contribution in [0.4, 0.5) is 17.6 Å². The zero-order chi connectivity index (χ0) is 24.5. The smallest absolute Gasteiger partial charge is 0.402 e. The van der Waals surface area contributed by atoms with Crippen LogP contribution in [0.2, 0.25) is 0 Å². The van der Waals surface area contributed by atoms with Crippen molar-refractivity contribution >= 4 is 10.0 Å². The predicted molar refractivity (Wildman–Crippen MR) is 115 cm³/mol. The molecule has 1 N–H and O–H groups in total. The Labute approximate surface area is 193 Å². The number of ether oxygens (including phenoxy) is 1. The number of rotatable bonds is 6. The maximum atomic E-state index is 15.3. The highest BCUT2D eigenvalue weighted by molar-refractivity contribution is 7.89. The third-order valence-electron chi connectivity index (χ3n) is 5.77. The number of sulfonamides is 1. The van der Waals surface area contributed by atoms with Crippen molar-refractivity contribution in [2.75, 3.05) is 0 Å². The lowest BCUT2D eigenvalue weighted by Gasteiger charge is -2.30. The lowest BCUT2D eigenvalue weighted by atomic mass is 9.91. The van der Waals surface area contributed by atoms with E-state index in [0.717, 1.165) is 18.6 Å². The van der Waals surface area contributed by atoms with Crippen molar-refractivity contribution in [1.29, 1.82) is 0 Å². The summed E-state index contributed by atoms with van der Waals surface area (Å²) in [6.07, 6.45) is -1.23. The minimum Gasteiger partial charge on any atom is -0.402 e. The Kier molecular flexibility index (Phi) is 6.63. The number of benzene rings is 2. The molecule has 1 aliphatic rings. The van der Waals surface area contributed by atoms with Crippen LogP contribution >= 0.6 is 0 Å². The molecule has 1 aliphatic carbocycles. The van der Waals surface area contributed by atoms with Gasteiger partial charge in [-0.25, -0.2) is 17.5 Å². The van der Waals surface area contributed by atoms with E-state index in [1.165, 1.54) is 12.1 Å². The van der Waals surface area contributed by atoms with E-state index in [1.54, 1.807) is 31.5 Å². The number of hydrogen-bond donors (Lipinski definition) is 1. The van der Waals surface area contributed by atoms with Gasteiger partial charge < -0.3 is 9.30 Å². The molecule has 1 heterocycles. The van der Waals surface area contributed by atoms with Crippen LogP contribution in [0.5, 0.6) is 5.75 Å². The maximum Gasteiger partial charge on any atom is 0.573 e. The minimum atomic E-state index is -5.21. The molecular weight excluding hydrogens is 476 g/mol. The lowest BCUT2D eigenvalue weighted by Crippen LogP contribution is -2.39. The number of nitrogens with zero attached hydrogens (tertiary/aromatic N) is 3. The van der Waals surface area contributed by atoms with Gasteiger partial charge in [-0.3, -0.25) is 0 Å². The summed E-state index contributed by atoms with van der Waals surface area (Å²) >= 11 is 0. The van der Waals surface area contributed by atoms with E-state index >= 15 is 4.39 Å². The van der Waals surface area contributed by atoms with Crippen molar-refractivity contribution in [3.05, 3.63) is 60.4 Å². The van der Waals surface area contributed by atoms with Gasteiger partial charge in [0.25, 0.3) is 0 Å². The Bertz CT molecular complexity index is 1260. The van der Waals surface area contributed by atoms with Crippen molar-refractivity contribution in [3.8, 4) is 16.9 Å². The molecule has 12 heteroatoms. The van der Waals surface area contributed by atoms with E-state index in [0.29, 0.717) is 25.1 Å². The molecule has 182 valence electrons. The van der Waals surface area contributed by atoms with Gasteiger partial charge >= 0.3 is 6.36 Å². The molecule has 0 radical (unpaired) electrons. The predicted octanol–water partition coefficient (Wildman–Crippen LogP) is 4.75. The molecule has 2 atom stereocenters. The van der Waals surface area contributed by atoms with Gasteiger partial charge in [0.05, 0.1) is 0 Å². The number of nitrogens with one attached hydrogen (secondary N) is 1. The summed E-state index contributed by atoms with van der Waals surface area (Å²) < 4.78 is 88.8. The zero-order valence-electron chi connectivity index (χ0n) is 18.1. The van der Waals surface area contributed by atoms with Crippen molar-refractivity contribution in [2.45, 2.75) is 55.9 Å². The Morgan fingerprint density at radius 3 is 2.50 bits per heavy atom. The minimum absolute atomic E-state index is 0.0501. The average molecular weight is 499 g/mol. The molecule has 34 heavy (non-hydrogen) atoms. The number of halogens is 4. The molecule has 0 bridgehead atoms. The van der Waals surface area contributed by atoms with Crippen LogP contribution in [0.15, 0.2) is 53.7 Å². The summed E-state index contributed by atoms with van der Waals surface area (Å²) in [7, 11) is -4.48. The first kappa shape index (κ1) is 24.1. The Balaban J connectivity index is 1.65. The Hall–Kier alpha value is -2.99. The van der Waals surface area contributed by atoms with Gasteiger partial charge in [-0.15, -0.1) is 23.4 Å². The summed E-state index contributed by atoms with van der Waals surface area (Å²) in [5.74, 6) is -2.11. The van der Waals surface area contributed by atoms with E-state index < -0.39 is 38.9 Å². The highest BCUT2D eigenvalue weighted by Crippen LogP contribution is 2.39. The first-order valence-corrected chi connectivity index (χ1v) is 12.1. The lowest BCUT2D eigenvalue weighted by molar-refractivity contribution is -0.275. The third-order valence-corrected chi connectivity index (χ3v) is 7.31. The largest absolute Gasteiger partial charge is 0.573 e. The summed E-state index contributed by atoms with van der Waals surface area (Å²) in [5, 5.41) is 7.79. The van der Waals surface area contributed by atoms with Gasteiger partial charge in [0, 0.05) is 17.6 Å². The van der Waals surface area contributed by atoms with Gasteiger partial charge in [-0.2, -0.15) is 0 Å². The molecular formula is C22H22F4N4O3S.